The Morgan fingerprint density at radius 3 is 1.71 bits per heavy atom. The number of hydrogen-bond acceptors (Lipinski definition) is 0. The second-order valence-corrected chi connectivity index (χ2v) is 6.47. The van der Waals surface area contributed by atoms with Gasteiger partial charge in [0.05, 0.1) is 0 Å². The van der Waals surface area contributed by atoms with Crippen molar-refractivity contribution in [3.8, 4) is 0 Å². The molecular weight excluding hydrogens is 288 g/mol. The minimum absolute atomic E-state index is 1.23. The van der Waals surface area contributed by atoms with Crippen molar-refractivity contribution in [3.63, 3.8) is 0 Å². The summed E-state index contributed by atoms with van der Waals surface area (Å²) in [5, 5.41) is 0. The van der Waals surface area contributed by atoms with Crippen molar-refractivity contribution >= 4 is 11.6 Å². The normalized spacial score (nSPS) is 11.6. The molecule has 0 nitrogen and oxygen atoms in total. The van der Waals surface area contributed by atoms with Gasteiger partial charge in [0.15, 0.2) is 0 Å². The van der Waals surface area contributed by atoms with Gasteiger partial charge < -0.3 is 0 Å². The molecule has 0 N–H and O–H groups in total. The van der Waals surface area contributed by atoms with Crippen LogP contribution >= 0.6 is 0 Å². The molecule has 0 aliphatic carbocycles. The van der Waals surface area contributed by atoms with Crippen molar-refractivity contribution in [1.82, 2.24) is 0 Å². The van der Waals surface area contributed by atoms with Crippen LogP contribution in [0, 0.1) is 27.7 Å². The predicted molar refractivity (Wildman–Crippen MR) is 105 cm³/mol. The summed E-state index contributed by atoms with van der Waals surface area (Å²) < 4.78 is 0. The highest BCUT2D eigenvalue weighted by molar-refractivity contribution is 5.94. The molecule has 0 bridgehead atoms. The van der Waals surface area contributed by atoms with E-state index in [0.717, 1.165) is 0 Å². The standard InChI is InChI=1S/C24H24/c1-17-15-18(2)20(4)24(19(17)3)23(22-13-9-6-10-14-22)16-21-11-7-5-8-12-21/h5-16H,1-4H3/b23-16-. The Morgan fingerprint density at radius 2 is 1.17 bits per heavy atom. The van der Waals surface area contributed by atoms with Crippen LogP contribution in [0.2, 0.25) is 0 Å². The van der Waals surface area contributed by atoms with Gasteiger partial charge in [-0.25, -0.2) is 0 Å². The predicted octanol–water partition coefficient (Wildman–Crippen LogP) is 6.51. The summed E-state index contributed by atoms with van der Waals surface area (Å²) in [7, 11) is 0. The quantitative estimate of drug-likeness (QED) is 0.484. The van der Waals surface area contributed by atoms with E-state index in [0.29, 0.717) is 0 Å². The number of rotatable bonds is 3. The fourth-order valence-electron chi connectivity index (χ4n) is 3.25. The first kappa shape index (κ1) is 16.3. The maximum Gasteiger partial charge on any atom is -0.01000 e. The third kappa shape index (κ3) is 3.19. The van der Waals surface area contributed by atoms with Crippen molar-refractivity contribution in [1.29, 1.82) is 0 Å². The van der Waals surface area contributed by atoms with Gasteiger partial charge in [-0.1, -0.05) is 66.7 Å². The van der Waals surface area contributed by atoms with E-state index in [-0.39, 0.29) is 0 Å². The minimum atomic E-state index is 1.23. The monoisotopic (exact) mass is 312 g/mol. The topological polar surface area (TPSA) is 0 Å². The van der Waals surface area contributed by atoms with Crippen molar-refractivity contribution < 1.29 is 0 Å². The zero-order valence-electron chi connectivity index (χ0n) is 14.9. The molecule has 0 fully saturated rings. The summed E-state index contributed by atoms with van der Waals surface area (Å²) in [6, 6.07) is 23.6. The van der Waals surface area contributed by atoms with Gasteiger partial charge in [0.2, 0.25) is 0 Å². The first-order valence-corrected chi connectivity index (χ1v) is 8.48. The zero-order valence-corrected chi connectivity index (χ0v) is 14.9. The number of benzene rings is 3. The summed E-state index contributed by atoms with van der Waals surface area (Å²) in [5.74, 6) is 0. The SMILES string of the molecule is Cc1cc(C)c(C)c(/C(=C\c2ccccc2)c2ccccc2)c1C. The van der Waals surface area contributed by atoms with E-state index in [4.69, 9.17) is 0 Å². The smallest absolute Gasteiger partial charge is 0.01000 e. The summed E-state index contributed by atoms with van der Waals surface area (Å²) in [6.45, 7) is 8.88. The van der Waals surface area contributed by atoms with Crippen LogP contribution in [-0.4, -0.2) is 0 Å². The molecule has 3 aromatic carbocycles. The van der Waals surface area contributed by atoms with Gasteiger partial charge >= 0.3 is 0 Å². The second kappa shape index (κ2) is 6.88. The molecule has 0 aliphatic rings. The van der Waals surface area contributed by atoms with Crippen LogP contribution in [0.25, 0.3) is 11.6 Å². The van der Waals surface area contributed by atoms with Crippen molar-refractivity contribution in [2.75, 3.05) is 0 Å². The van der Waals surface area contributed by atoms with Gasteiger partial charge in [-0.05, 0) is 78.3 Å². The molecule has 0 saturated carbocycles. The van der Waals surface area contributed by atoms with Gasteiger partial charge in [0.1, 0.15) is 0 Å². The molecule has 0 atom stereocenters. The molecule has 120 valence electrons. The maximum absolute atomic E-state index is 2.31. The van der Waals surface area contributed by atoms with Gasteiger partial charge in [0, 0.05) is 0 Å². The largest absolute Gasteiger partial charge is 0.0622 e. The fraction of sp³-hybridized carbons (Fsp3) is 0.167. The summed E-state index contributed by atoms with van der Waals surface area (Å²) in [6.07, 6.45) is 2.31. The van der Waals surface area contributed by atoms with E-state index in [2.05, 4.69) is 101 Å². The highest BCUT2D eigenvalue weighted by atomic mass is 14.2. The van der Waals surface area contributed by atoms with Crippen molar-refractivity contribution in [2.24, 2.45) is 0 Å². The average Bonchev–Trinajstić information content (AvgIpc) is 2.61. The highest BCUT2D eigenvalue weighted by Gasteiger charge is 2.14. The molecule has 0 amide bonds. The minimum Gasteiger partial charge on any atom is -0.0622 e. The Bertz CT molecular complexity index is 843. The molecule has 0 heterocycles. The molecule has 3 rings (SSSR count). The summed E-state index contributed by atoms with van der Waals surface area (Å²) in [4.78, 5) is 0. The second-order valence-electron chi connectivity index (χ2n) is 6.47. The van der Waals surface area contributed by atoms with Crippen LogP contribution < -0.4 is 0 Å². The molecule has 0 saturated heterocycles. The maximum atomic E-state index is 2.31. The Balaban J connectivity index is 2.30. The molecule has 0 heteroatoms. The van der Waals surface area contributed by atoms with Crippen LogP contribution in [0.5, 0.6) is 0 Å². The highest BCUT2D eigenvalue weighted by Crippen LogP contribution is 2.33. The van der Waals surface area contributed by atoms with Crippen LogP contribution in [0.4, 0.5) is 0 Å². The van der Waals surface area contributed by atoms with Crippen LogP contribution in [-0.2, 0) is 0 Å². The van der Waals surface area contributed by atoms with Crippen LogP contribution in [0.1, 0.15) is 38.9 Å². The lowest BCUT2D eigenvalue weighted by atomic mass is 9.85. The van der Waals surface area contributed by atoms with E-state index >= 15 is 0 Å². The molecule has 24 heavy (non-hydrogen) atoms. The van der Waals surface area contributed by atoms with E-state index < -0.39 is 0 Å². The van der Waals surface area contributed by atoms with E-state index in [1.807, 2.05) is 0 Å². The lowest BCUT2D eigenvalue weighted by Gasteiger charge is -2.19. The average molecular weight is 312 g/mol. The molecule has 3 aromatic rings. The molecular formula is C24H24. The van der Waals surface area contributed by atoms with E-state index in [1.54, 1.807) is 0 Å². The summed E-state index contributed by atoms with van der Waals surface area (Å²) >= 11 is 0. The van der Waals surface area contributed by atoms with Crippen molar-refractivity contribution in [2.45, 2.75) is 27.7 Å². The first-order valence-electron chi connectivity index (χ1n) is 8.48. The zero-order chi connectivity index (χ0) is 17.1. The lowest BCUT2D eigenvalue weighted by molar-refractivity contribution is 1.22. The molecule has 0 aromatic heterocycles. The Kier molecular flexibility index (Phi) is 4.66. The molecule has 0 unspecified atom stereocenters. The Hall–Kier alpha value is -2.60. The molecule has 0 spiro atoms. The molecule has 0 radical (unpaired) electrons. The van der Waals surface area contributed by atoms with Gasteiger partial charge in [-0.15, -0.1) is 0 Å². The molecule has 0 aliphatic heterocycles. The third-order valence-electron chi connectivity index (χ3n) is 4.83. The Labute approximate surface area is 145 Å². The van der Waals surface area contributed by atoms with E-state index in [9.17, 15) is 0 Å². The third-order valence-corrected chi connectivity index (χ3v) is 4.83. The summed E-state index contributed by atoms with van der Waals surface area (Å²) in [5.41, 5.74) is 10.6. The Morgan fingerprint density at radius 1 is 0.667 bits per heavy atom. The number of aryl methyl sites for hydroxylation is 2. The van der Waals surface area contributed by atoms with Crippen molar-refractivity contribution in [3.05, 3.63) is 106 Å². The van der Waals surface area contributed by atoms with Gasteiger partial charge in [-0.3, -0.25) is 0 Å². The van der Waals surface area contributed by atoms with Crippen LogP contribution in [0.15, 0.2) is 66.7 Å². The van der Waals surface area contributed by atoms with E-state index in [1.165, 1.54) is 44.5 Å². The van der Waals surface area contributed by atoms with Crippen LogP contribution in [0.3, 0.4) is 0 Å². The fourth-order valence-corrected chi connectivity index (χ4v) is 3.25. The van der Waals surface area contributed by atoms with Gasteiger partial charge in [-0.2, -0.15) is 0 Å². The lowest BCUT2D eigenvalue weighted by Crippen LogP contribution is -2.00. The number of hydrogen-bond donors (Lipinski definition) is 0. The first-order chi connectivity index (χ1) is 11.6. The van der Waals surface area contributed by atoms with Gasteiger partial charge in [0.25, 0.3) is 0 Å².